The number of rotatable bonds is 63. The van der Waals surface area contributed by atoms with E-state index in [0.29, 0.717) is 19.3 Å². The molecule has 8 unspecified atom stereocenters. The van der Waals surface area contributed by atoms with Crippen molar-refractivity contribution in [1.29, 1.82) is 0 Å². The Hall–Kier alpha value is -2.38. The number of unbranched alkanes of at least 4 members (excludes halogenated alkanes) is 43. The van der Waals surface area contributed by atoms with Crippen LogP contribution in [-0.4, -0.2) is 99.6 Å². The Morgan fingerprint density at radius 2 is 0.812 bits per heavy atom. The highest BCUT2D eigenvalue weighted by atomic mass is 16.7. The van der Waals surface area contributed by atoms with Crippen molar-refractivity contribution in [1.82, 2.24) is 5.32 Å². The van der Waals surface area contributed by atoms with Gasteiger partial charge in [0.1, 0.15) is 24.4 Å². The zero-order valence-corrected chi connectivity index (χ0v) is 55.5. The smallest absolute Gasteiger partial charge is 0.306 e. The fraction of sp³-hybridized carbons (Fsp3) is 0.865. The zero-order chi connectivity index (χ0) is 61.7. The number of aliphatic hydroxyl groups excluding tert-OH is 5. The summed E-state index contributed by atoms with van der Waals surface area (Å²) >= 11 is 0. The maximum atomic E-state index is 13.5. The number of carbonyl (C=O) groups excluding carboxylic acids is 2. The maximum Gasteiger partial charge on any atom is 0.306 e. The second-order valence-corrected chi connectivity index (χ2v) is 25.3. The topological polar surface area (TPSA) is 175 Å². The fourth-order valence-corrected chi connectivity index (χ4v) is 11.5. The Morgan fingerprint density at radius 1 is 0.459 bits per heavy atom. The minimum Gasteiger partial charge on any atom is -0.454 e. The monoisotopic (exact) mass is 1200 g/mol. The van der Waals surface area contributed by atoms with Crippen molar-refractivity contribution in [3.05, 3.63) is 48.6 Å². The van der Waals surface area contributed by atoms with Crippen LogP contribution in [0.4, 0.5) is 0 Å². The lowest BCUT2D eigenvalue weighted by atomic mass is 9.99. The minimum atomic E-state index is -1.61. The van der Waals surface area contributed by atoms with Gasteiger partial charge in [-0.2, -0.15) is 0 Å². The van der Waals surface area contributed by atoms with Crippen LogP contribution in [0, 0.1) is 0 Å². The van der Waals surface area contributed by atoms with Gasteiger partial charge in [-0.05, 0) is 64.2 Å². The maximum absolute atomic E-state index is 13.5. The quantitative estimate of drug-likeness (QED) is 0.0195. The van der Waals surface area contributed by atoms with E-state index in [4.69, 9.17) is 14.2 Å². The van der Waals surface area contributed by atoms with Gasteiger partial charge in [-0.15, -0.1) is 0 Å². The summed E-state index contributed by atoms with van der Waals surface area (Å²) in [5.74, 6) is -1.18. The van der Waals surface area contributed by atoms with Crippen LogP contribution in [0.2, 0.25) is 0 Å². The highest BCUT2D eigenvalue weighted by Gasteiger charge is 2.47. The largest absolute Gasteiger partial charge is 0.454 e. The lowest BCUT2D eigenvalue weighted by Gasteiger charge is -2.41. The van der Waals surface area contributed by atoms with E-state index in [1.807, 2.05) is 6.08 Å². The molecule has 1 aliphatic heterocycles. The molecule has 0 aliphatic carbocycles. The van der Waals surface area contributed by atoms with E-state index < -0.39 is 67.4 Å². The van der Waals surface area contributed by atoms with Crippen LogP contribution < -0.4 is 5.32 Å². The number of aliphatic hydroxyl groups is 5. The zero-order valence-electron chi connectivity index (χ0n) is 55.5. The van der Waals surface area contributed by atoms with Crippen molar-refractivity contribution in [2.24, 2.45) is 0 Å². The summed E-state index contributed by atoms with van der Waals surface area (Å²) in [6, 6.07) is -1.02. The summed E-state index contributed by atoms with van der Waals surface area (Å²) in [4.78, 5) is 26.7. The van der Waals surface area contributed by atoms with Gasteiger partial charge in [-0.1, -0.05) is 326 Å². The predicted molar refractivity (Wildman–Crippen MR) is 357 cm³/mol. The second-order valence-electron chi connectivity index (χ2n) is 25.3. The third-order valence-corrected chi connectivity index (χ3v) is 17.2. The van der Waals surface area contributed by atoms with Crippen LogP contribution in [0.1, 0.15) is 348 Å². The van der Waals surface area contributed by atoms with E-state index in [2.05, 4.69) is 62.5 Å². The van der Waals surface area contributed by atoms with Crippen molar-refractivity contribution in [2.75, 3.05) is 13.2 Å². The van der Waals surface area contributed by atoms with Gasteiger partial charge in [0.15, 0.2) is 12.4 Å². The standard InChI is InChI=1S/C74H137NO10/c1-4-7-10-13-16-19-22-25-27-29-31-32-33-34-35-37-38-40-43-46-49-52-55-58-61-67(78)73(82)75-65(66(77)60-57-54-51-48-45-42-24-21-18-15-12-9-6-3)64-83-74-72(71(81)70(80)68(63-76)84-74)85-69(79)62-59-56-53-50-47-44-41-39-36-30-28-26-23-20-17-14-11-8-5-2/h16,19,25,27,31-32,57,60,65-68,70-72,74,76-78,80-81H,4-15,17-18,20-24,26,28-30,33-56,58-59,61-64H2,1-3H3,(H,75,82)/b19-16-,27-25-,32-31-,60-57+. The van der Waals surface area contributed by atoms with E-state index in [1.165, 1.54) is 225 Å². The van der Waals surface area contributed by atoms with Crippen LogP contribution in [0.5, 0.6) is 0 Å². The molecule has 1 fully saturated rings. The highest BCUT2D eigenvalue weighted by molar-refractivity contribution is 5.80. The van der Waals surface area contributed by atoms with Crippen LogP contribution in [0.25, 0.3) is 0 Å². The average molecular weight is 1200 g/mol. The number of carbonyl (C=O) groups is 2. The van der Waals surface area contributed by atoms with Gasteiger partial charge >= 0.3 is 5.97 Å². The summed E-state index contributed by atoms with van der Waals surface area (Å²) in [6.45, 7) is 5.82. The molecular weight excluding hydrogens is 1060 g/mol. The van der Waals surface area contributed by atoms with Gasteiger partial charge < -0.3 is 45.1 Å². The predicted octanol–water partition coefficient (Wildman–Crippen LogP) is 18.7. The summed E-state index contributed by atoms with van der Waals surface area (Å²) < 4.78 is 17.7. The first-order chi connectivity index (χ1) is 41.7. The molecule has 0 aromatic carbocycles. The van der Waals surface area contributed by atoms with Gasteiger partial charge in [0, 0.05) is 6.42 Å². The average Bonchev–Trinajstić information content (AvgIpc) is 3.17. The number of esters is 1. The van der Waals surface area contributed by atoms with E-state index in [0.717, 1.165) is 77.0 Å². The third-order valence-electron chi connectivity index (χ3n) is 17.2. The molecule has 8 atom stereocenters. The lowest BCUT2D eigenvalue weighted by Crippen LogP contribution is -2.61. The molecule has 0 radical (unpaired) electrons. The molecule has 1 amide bonds. The van der Waals surface area contributed by atoms with E-state index in [-0.39, 0.29) is 13.0 Å². The second kappa shape index (κ2) is 61.8. The van der Waals surface area contributed by atoms with Gasteiger partial charge in [-0.3, -0.25) is 9.59 Å². The van der Waals surface area contributed by atoms with E-state index in [9.17, 15) is 35.1 Å². The van der Waals surface area contributed by atoms with Crippen molar-refractivity contribution in [3.8, 4) is 0 Å². The number of nitrogens with one attached hydrogen (secondary N) is 1. The van der Waals surface area contributed by atoms with Crippen molar-refractivity contribution < 1.29 is 49.3 Å². The molecular formula is C74H137NO10. The number of hydrogen-bond donors (Lipinski definition) is 6. The molecule has 11 nitrogen and oxygen atoms in total. The van der Waals surface area contributed by atoms with Crippen LogP contribution in [-0.2, 0) is 23.8 Å². The molecule has 1 saturated heterocycles. The van der Waals surface area contributed by atoms with Gasteiger partial charge in [-0.25, -0.2) is 0 Å². The summed E-state index contributed by atoms with van der Waals surface area (Å²) in [6.07, 6.45) is 67.2. The first-order valence-electron chi connectivity index (χ1n) is 36.4. The molecule has 1 heterocycles. The SMILES string of the molecule is CCCCC/C=C\C/C=C\C/C=C\CCCCCCCCCCCCCC(O)C(=O)NC(COC1OC(CO)C(O)C(O)C1OC(=O)CCCCCCCCCCCCCCCCCCCCC)C(O)/C=C/CCCCCCCCCCCCC. The number of hydrogen-bond acceptors (Lipinski definition) is 10. The summed E-state index contributed by atoms with van der Waals surface area (Å²) in [5.41, 5.74) is 0. The summed E-state index contributed by atoms with van der Waals surface area (Å²) in [7, 11) is 0. The van der Waals surface area contributed by atoms with Crippen molar-refractivity contribution in [2.45, 2.75) is 397 Å². The molecule has 0 aromatic rings. The number of allylic oxidation sites excluding steroid dienone is 7. The lowest BCUT2D eigenvalue weighted by molar-refractivity contribution is -0.305. The van der Waals surface area contributed by atoms with E-state index >= 15 is 0 Å². The molecule has 0 saturated carbocycles. The van der Waals surface area contributed by atoms with E-state index in [1.54, 1.807) is 6.08 Å². The Balaban J connectivity index is 2.58. The molecule has 6 N–H and O–H groups in total. The molecule has 0 spiro atoms. The first kappa shape index (κ1) is 80.6. The Morgan fingerprint density at radius 3 is 1.24 bits per heavy atom. The molecule has 0 bridgehead atoms. The molecule has 85 heavy (non-hydrogen) atoms. The van der Waals surface area contributed by atoms with Gasteiger partial charge in [0.25, 0.3) is 0 Å². The molecule has 1 aliphatic rings. The number of amides is 1. The Bertz CT molecular complexity index is 1570. The third kappa shape index (κ3) is 49.1. The first-order valence-corrected chi connectivity index (χ1v) is 36.4. The van der Waals surface area contributed by atoms with Crippen molar-refractivity contribution >= 4 is 11.9 Å². The Labute approximate surface area is 523 Å². The molecule has 1 rings (SSSR count). The van der Waals surface area contributed by atoms with Crippen LogP contribution >= 0.6 is 0 Å². The Kier molecular flexibility index (Phi) is 58.7. The molecule has 0 aromatic heterocycles. The van der Waals surface area contributed by atoms with Crippen LogP contribution in [0.15, 0.2) is 48.6 Å². The fourth-order valence-electron chi connectivity index (χ4n) is 11.5. The summed E-state index contributed by atoms with van der Waals surface area (Å²) in [5, 5.41) is 57.3. The van der Waals surface area contributed by atoms with Gasteiger partial charge in [0.05, 0.1) is 25.4 Å². The molecule has 498 valence electrons. The number of ether oxygens (including phenoxy) is 3. The van der Waals surface area contributed by atoms with Gasteiger partial charge in [0.2, 0.25) is 5.91 Å². The van der Waals surface area contributed by atoms with Crippen LogP contribution in [0.3, 0.4) is 0 Å². The normalized spacial score (nSPS) is 18.6. The van der Waals surface area contributed by atoms with Crippen molar-refractivity contribution in [3.63, 3.8) is 0 Å². The minimum absolute atomic E-state index is 0.128. The molecule has 11 heteroatoms. The highest BCUT2D eigenvalue weighted by Crippen LogP contribution is 2.26.